The van der Waals surface area contributed by atoms with Crippen LogP contribution in [0.15, 0.2) is 53.7 Å². The van der Waals surface area contributed by atoms with Crippen molar-refractivity contribution < 1.29 is 9.53 Å². The summed E-state index contributed by atoms with van der Waals surface area (Å²) in [5.74, 6) is 1.55. The van der Waals surface area contributed by atoms with Crippen molar-refractivity contribution in [1.29, 1.82) is 0 Å². The third kappa shape index (κ3) is 4.54. The Kier molecular flexibility index (Phi) is 6.36. The highest BCUT2D eigenvalue weighted by molar-refractivity contribution is 8.00. The van der Waals surface area contributed by atoms with E-state index < -0.39 is 0 Å². The molecule has 0 bridgehead atoms. The van der Waals surface area contributed by atoms with Crippen LogP contribution in [-0.2, 0) is 18.4 Å². The van der Waals surface area contributed by atoms with Crippen LogP contribution >= 0.6 is 11.8 Å². The van der Waals surface area contributed by atoms with Gasteiger partial charge in [0.25, 0.3) is 0 Å². The lowest BCUT2D eigenvalue weighted by molar-refractivity contribution is -0.120. The summed E-state index contributed by atoms with van der Waals surface area (Å²) in [4.78, 5) is 12.5. The molecule has 3 rings (SSSR count). The molecular formula is C21H24N4O2S. The van der Waals surface area contributed by atoms with Crippen molar-refractivity contribution in [2.75, 3.05) is 7.11 Å². The van der Waals surface area contributed by atoms with Crippen molar-refractivity contribution in [3.05, 3.63) is 59.7 Å². The van der Waals surface area contributed by atoms with Crippen molar-refractivity contribution in [2.45, 2.75) is 30.8 Å². The van der Waals surface area contributed by atoms with E-state index in [9.17, 15) is 4.79 Å². The zero-order valence-electron chi connectivity index (χ0n) is 16.5. The number of carbonyl (C=O) groups is 1. The minimum absolute atomic E-state index is 0.0405. The van der Waals surface area contributed by atoms with Crippen LogP contribution in [0.5, 0.6) is 5.75 Å². The topological polar surface area (TPSA) is 69.0 Å². The van der Waals surface area contributed by atoms with Gasteiger partial charge < -0.3 is 14.6 Å². The lowest BCUT2D eigenvalue weighted by Gasteiger charge is -2.12. The summed E-state index contributed by atoms with van der Waals surface area (Å²) < 4.78 is 7.08. The van der Waals surface area contributed by atoms with Crippen molar-refractivity contribution in [3.8, 4) is 17.1 Å². The molecule has 2 aromatic carbocycles. The molecule has 0 saturated heterocycles. The molecule has 146 valence electrons. The van der Waals surface area contributed by atoms with Gasteiger partial charge in [0.15, 0.2) is 11.0 Å². The van der Waals surface area contributed by atoms with E-state index in [1.807, 2.05) is 74.0 Å². The van der Waals surface area contributed by atoms with Gasteiger partial charge in [-0.1, -0.05) is 48.2 Å². The maximum absolute atomic E-state index is 12.5. The highest BCUT2D eigenvalue weighted by atomic mass is 32.2. The molecule has 0 fully saturated rings. The number of methoxy groups -OCH3 is 1. The Hall–Kier alpha value is -2.80. The summed E-state index contributed by atoms with van der Waals surface area (Å²) in [5.41, 5.74) is 3.20. The molecule has 0 unspecified atom stereocenters. The van der Waals surface area contributed by atoms with Crippen LogP contribution in [0.3, 0.4) is 0 Å². The summed E-state index contributed by atoms with van der Waals surface area (Å²) in [5, 5.41) is 12.0. The van der Waals surface area contributed by atoms with Gasteiger partial charge >= 0.3 is 0 Å². The second kappa shape index (κ2) is 8.93. The van der Waals surface area contributed by atoms with Gasteiger partial charge in [0, 0.05) is 19.2 Å². The van der Waals surface area contributed by atoms with Gasteiger partial charge in [-0.15, -0.1) is 10.2 Å². The smallest absolute Gasteiger partial charge is 0.233 e. The molecule has 3 aromatic rings. The van der Waals surface area contributed by atoms with Crippen molar-refractivity contribution in [3.63, 3.8) is 0 Å². The number of aryl methyl sites for hydroxylation is 1. The molecule has 0 radical (unpaired) electrons. The SMILES string of the molecule is COc1ccc(CNC(=O)[C@@H](C)Sc2nnc(-c3ccccc3C)n2C)cc1. The first-order valence-corrected chi connectivity index (χ1v) is 9.90. The summed E-state index contributed by atoms with van der Waals surface area (Å²) in [6.07, 6.45) is 0. The Balaban J connectivity index is 1.62. The largest absolute Gasteiger partial charge is 0.497 e. The number of ether oxygens (including phenoxy) is 1. The number of carbonyl (C=O) groups excluding carboxylic acids is 1. The molecule has 7 heteroatoms. The molecular weight excluding hydrogens is 372 g/mol. The van der Waals surface area contributed by atoms with Gasteiger partial charge in [-0.25, -0.2) is 0 Å². The predicted molar refractivity (Wildman–Crippen MR) is 111 cm³/mol. The molecule has 0 saturated carbocycles. The van der Waals surface area contributed by atoms with E-state index in [2.05, 4.69) is 15.5 Å². The Morgan fingerprint density at radius 1 is 1.18 bits per heavy atom. The number of nitrogens with one attached hydrogen (secondary N) is 1. The summed E-state index contributed by atoms with van der Waals surface area (Å²) >= 11 is 1.40. The lowest BCUT2D eigenvalue weighted by Crippen LogP contribution is -2.30. The molecule has 1 amide bonds. The predicted octanol–water partition coefficient (Wildman–Crippen LogP) is 3.60. The highest BCUT2D eigenvalue weighted by Gasteiger charge is 2.19. The van der Waals surface area contributed by atoms with E-state index in [0.717, 1.165) is 28.3 Å². The van der Waals surface area contributed by atoms with Gasteiger partial charge in [0.2, 0.25) is 5.91 Å². The molecule has 0 aliphatic carbocycles. The van der Waals surface area contributed by atoms with E-state index in [1.54, 1.807) is 7.11 Å². The van der Waals surface area contributed by atoms with Crippen LogP contribution in [0.4, 0.5) is 0 Å². The second-order valence-corrected chi connectivity index (χ2v) is 7.81. The number of nitrogens with zero attached hydrogens (tertiary/aromatic N) is 3. The van der Waals surface area contributed by atoms with Crippen LogP contribution in [0.1, 0.15) is 18.1 Å². The minimum Gasteiger partial charge on any atom is -0.497 e. The molecule has 28 heavy (non-hydrogen) atoms. The zero-order chi connectivity index (χ0) is 20.1. The Morgan fingerprint density at radius 2 is 1.89 bits per heavy atom. The number of thioether (sulfide) groups is 1. The summed E-state index contributed by atoms with van der Waals surface area (Å²) in [6.45, 7) is 4.39. The fraction of sp³-hybridized carbons (Fsp3) is 0.286. The summed E-state index contributed by atoms with van der Waals surface area (Å²) in [6, 6.07) is 15.7. The van der Waals surface area contributed by atoms with Crippen LogP contribution in [-0.4, -0.2) is 33.0 Å². The van der Waals surface area contributed by atoms with Gasteiger partial charge in [-0.05, 0) is 37.1 Å². The van der Waals surface area contributed by atoms with E-state index in [1.165, 1.54) is 11.8 Å². The number of aromatic nitrogens is 3. The van der Waals surface area contributed by atoms with Crippen LogP contribution in [0.25, 0.3) is 11.4 Å². The Morgan fingerprint density at radius 3 is 2.57 bits per heavy atom. The number of hydrogen-bond acceptors (Lipinski definition) is 5. The maximum Gasteiger partial charge on any atom is 0.233 e. The third-order valence-electron chi connectivity index (χ3n) is 4.50. The minimum atomic E-state index is -0.286. The monoisotopic (exact) mass is 396 g/mol. The first kappa shape index (κ1) is 19.9. The van der Waals surface area contributed by atoms with E-state index in [4.69, 9.17) is 4.74 Å². The quantitative estimate of drug-likeness (QED) is 0.618. The van der Waals surface area contributed by atoms with Gasteiger partial charge in [0.05, 0.1) is 12.4 Å². The number of hydrogen-bond donors (Lipinski definition) is 1. The van der Waals surface area contributed by atoms with E-state index in [0.29, 0.717) is 11.7 Å². The van der Waals surface area contributed by atoms with Crippen molar-refractivity contribution >= 4 is 17.7 Å². The molecule has 0 aliphatic rings. The van der Waals surface area contributed by atoms with E-state index >= 15 is 0 Å². The molecule has 1 aromatic heterocycles. The molecule has 0 aliphatic heterocycles. The lowest BCUT2D eigenvalue weighted by atomic mass is 10.1. The van der Waals surface area contributed by atoms with Crippen LogP contribution in [0.2, 0.25) is 0 Å². The third-order valence-corrected chi connectivity index (χ3v) is 5.63. The molecule has 0 spiro atoms. The fourth-order valence-corrected chi connectivity index (χ4v) is 3.60. The normalized spacial score (nSPS) is 11.9. The molecule has 6 nitrogen and oxygen atoms in total. The number of amides is 1. The second-order valence-electron chi connectivity index (χ2n) is 6.51. The van der Waals surface area contributed by atoms with Crippen molar-refractivity contribution in [2.24, 2.45) is 7.05 Å². The van der Waals surface area contributed by atoms with Crippen LogP contribution in [0, 0.1) is 6.92 Å². The van der Waals surface area contributed by atoms with Gasteiger partial charge in [0.1, 0.15) is 5.75 Å². The molecule has 1 heterocycles. The summed E-state index contributed by atoms with van der Waals surface area (Å²) in [7, 11) is 3.55. The van der Waals surface area contributed by atoms with E-state index in [-0.39, 0.29) is 11.2 Å². The molecule has 1 atom stereocenters. The standard InChI is InChI=1S/C21H24N4O2S/c1-14-7-5-6-8-18(14)19-23-24-21(25(19)3)28-15(2)20(26)22-13-16-9-11-17(27-4)12-10-16/h5-12,15H,13H2,1-4H3,(H,22,26)/t15-/m1/s1. The fourth-order valence-electron chi connectivity index (χ4n) is 2.76. The first-order chi connectivity index (χ1) is 13.5. The molecule has 1 N–H and O–H groups in total. The average Bonchev–Trinajstić information content (AvgIpc) is 3.07. The Labute approximate surface area is 169 Å². The maximum atomic E-state index is 12.5. The average molecular weight is 397 g/mol. The van der Waals surface area contributed by atoms with Gasteiger partial charge in [-0.3, -0.25) is 4.79 Å². The first-order valence-electron chi connectivity index (χ1n) is 9.02. The number of rotatable bonds is 7. The zero-order valence-corrected chi connectivity index (χ0v) is 17.3. The Bertz CT molecular complexity index is 953. The van der Waals surface area contributed by atoms with Crippen LogP contribution < -0.4 is 10.1 Å². The number of benzene rings is 2. The van der Waals surface area contributed by atoms with Gasteiger partial charge in [-0.2, -0.15) is 0 Å². The highest BCUT2D eigenvalue weighted by Crippen LogP contribution is 2.27. The van der Waals surface area contributed by atoms with Crippen molar-refractivity contribution in [1.82, 2.24) is 20.1 Å².